The van der Waals surface area contributed by atoms with Gasteiger partial charge >= 0.3 is 0 Å². The first kappa shape index (κ1) is 11.3. The van der Waals surface area contributed by atoms with E-state index in [1.807, 2.05) is 4.98 Å². The summed E-state index contributed by atoms with van der Waals surface area (Å²) in [7, 11) is 0. The van der Waals surface area contributed by atoms with Gasteiger partial charge < -0.3 is 4.98 Å². The van der Waals surface area contributed by atoms with Crippen LogP contribution < -0.4 is 5.56 Å². The van der Waals surface area contributed by atoms with E-state index in [-0.39, 0.29) is 5.69 Å². The van der Waals surface area contributed by atoms with Crippen molar-refractivity contribution in [2.75, 3.05) is 0 Å². The highest BCUT2D eigenvalue weighted by atomic mass is 35.5. The largest absolute Gasteiger partial charge is 0.313 e. The van der Waals surface area contributed by atoms with Crippen LogP contribution in [-0.4, -0.2) is 10.2 Å². The molecule has 0 spiro atoms. The number of nitrogens with zero attached hydrogens (tertiary/aromatic N) is 1. The van der Waals surface area contributed by atoms with E-state index in [2.05, 4.69) is 0 Å². The number of nitriles is 1. The lowest BCUT2D eigenvalue weighted by Gasteiger charge is -2.03. The highest BCUT2D eigenvalue weighted by Crippen LogP contribution is 2.20. The van der Waals surface area contributed by atoms with Gasteiger partial charge in [0.25, 0.3) is 17.2 Å². The second-order valence-electron chi connectivity index (χ2n) is 2.53. The molecule has 0 radical (unpaired) electrons. The summed E-state index contributed by atoms with van der Waals surface area (Å²) in [5.41, 5.74) is -3.15. The number of carbonyl (C=O) groups excluding carboxylic acids is 1. The molecule has 0 aliphatic heterocycles. The predicted molar refractivity (Wildman–Crippen MR) is 46.9 cm³/mol. The molecule has 1 heterocycles. The first-order valence-corrected chi connectivity index (χ1v) is 4.00. The molecule has 0 aromatic carbocycles. The van der Waals surface area contributed by atoms with Gasteiger partial charge in [-0.1, -0.05) is 0 Å². The number of aromatic nitrogens is 1. The van der Waals surface area contributed by atoms with Crippen molar-refractivity contribution in [1.82, 2.24) is 4.98 Å². The predicted octanol–water partition coefficient (Wildman–Crippen LogP) is 1.56. The first-order valence-electron chi connectivity index (χ1n) is 3.62. The minimum atomic E-state index is -3.13. The number of pyridine rings is 1. The molecule has 0 bridgehead atoms. The number of hydrogen-bond acceptors (Lipinski definition) is 3. The van der Waals surface area contributed by atoms with Crippen LogP contribution >= 0.6 is 11.6 Å². The molecule has 1 aromatic heterocycles. The lowest BCUT2D eigenvalue weighted by Crippen LogP contribution is -2.18. The van der Waals surface area contributed by atoms with Gasteiger partial charge in [0.1, 0.15) is 11.8 Å². The van der Waals surface area contributed by atoms with Crippen molar-refractivity contribution < 1.29 is 13.6 Å². The molecule has 78 valence electrons. The third kappa shape index (κ3) is 2.19. The van der Waals surface area contributed by atoms with E-state index in [1.165, 1.54) is 6.07 Å². The maximum atomic E-state index is 12.4. The molecular weight excluding hydrogens is 230 g/mol. The molecule has 4 nitrogen and oxygen atoms in total. The summed E-state index contributed by atoms with van der Waals surface area (Å²) in [6.07, 6.45) is -3.13. The van der Waals surface area contributed by atoms with Gasteiger partial charge in [-0.2, -0.15) is 5.26 Å². The molecule has 0 aliphatic rings. The van der Waals surface area contributed by atoms with Gasteiger partial charge in [-0.25, -0.2) is 8.78 Å². The van der Waals surface area contributed by atoms with Crippen molar-refractivity contribution in [2.45, 2.75) is 6.43 Å². The minimum absolute atomic E-state index is 0.298. The smallest absolute Gasteiger partial charge is 0.269 e. The standard InChI is InChI=1S/C8H3ClF2N2O2/c9-6(14)4-1-3(2-12)13-8(15)5(4)7(10)11/h1,7H,(H,13,15). The Labute approximate surface area is 87.1 Å². The molecular formula is C8H3ClF2N2O2. The molecule has 0 saturated heterocycles. The highest BCUT2D eigenvalue weighted by Gasteiger charge is 2.22. The number of alkyl halides is 2. The highest BCUT2D eigenvalue weighted by molar-refractivity contribution is 6.67. The summed E-state index contributed by atoms with van der Waals surface area (Å²) in [6, 6.07) is 2.34. The molecule has 0 fully saturated rings. The number of hydrogen-bond donors (Lipinski definition) is 1. The van der Waals surface area contributed by atoms with Crippen LogP contribution in [0.25, 0.3) is 0 Å². The van der Waals surface area contributed by atoms with Gasteiger partial charge in [0.05, 0.1) is 11.1 Å². The number of carbonyl (C=O) groups is 1. The molecule has 0 unspecified atom stereocenters. The normalized spacial score (nSPS) is 10.1. The molecule has 0 amide bonds. The molecule has 1 aromatic rings. The van der Waals surface area contributed by atoms with Gasteiger partial charge in [0.2, 0.25) is 0 Å². The lowest BCUT2D eigenvalue weighted by molar-refractivity contribution is 0.106. The Morgan fingerprint density at radius 2 is 2.20 bits per heavy atom. The summed E-state index contributed by atoms with van der Waals surface area (Å²) in [5, 5.41) is 7.23. The minimum Gasteiger partial charge on any atom is -0.313 e. The Balaban J connectivity index is 3.59. The average molecular weight is 233 g/mol. The van der Waals surface area contributed by atoms with Crippen molar-refractivity contribution in [3.8, 4) is 6.07 Å². The third-order valence-corrected chi connectivity index (χ3v) is 1.83. The van der Waals surface area contributed by atoms with Crippen molar-refractivity contribution in [3.63, 3.8) is 0 Å². The zero-order valence-corrected chi connectivity index (χ0v) is 7.81. The summed E-state index contributed by atoms with van der Waals surface area (Å²) in [6.45, 7) is 0. The average Bonchev–Trinajstić information content (AvgIpc) is 2.15. The molecule has 0 aliphatic carbocycles. The molecule has 0 atom stereocenters. The van der Waals surface area contributed by atoms with Gasteiger partial charge in [-0.3, -0.25) is 9.59 Å². The van der Waals surface area contributed by atoms with Crippen molar-refractivity contribution in [3.05, 3.63) is 33.2 Å². The Morgan fingerprint density at radius 1 is 1.60 bits per heavy atom. The Hall–Kier alpha value is -1.74. The first-order chi connectivity index (χ1) is 6.97. The van der Waals surface area contributed by atoms with Crippen LogP contribution in [0.5, 0.6) is 0 Å². The van der Waals surface area contributed by atoms with Gasteiger partial charge in [0.15, 0.2) is 0 Å². The van der Waals surface area contributed by atoms with E-state index >= 15 is 0 Å². The number of halogens is 3. The molecule has 1 N–H and O–H groups in total. The van der Waals surface area contributed by atoms with Crippen LogP contribution in [0.15, 0.2) is 10.9 Å². The Kier molecular flexibility index (Phi) is 3.17. The summed E-state index contributed by atoms with van der Waals surface area (Å²) in [4.78, 5) is 23.7. The van der Waals surface area contributed by atoms with Crippen LogP contribution in [0, 0.1) is 11.3 Å². The van der Waals surface area contributed by atoms with E-state index in [9.17, 15) is 18.4 Å². The van der Waals surface area contributed by atoms with Gasteiger partial charge in [-0.05, 0) is 17.7 Å². The fourth-order valence-corrected chi connectivity index (χ4v) is 1.17. The van der Waals surface area contributed by atoms with E-state index in [0.29, 0.717) is 0 Å². The summed E-state index contributed by atoms with van der Waals surface area (Å²) < 4.78 is 24.7. The van der Waals surface area contributed by atoms with Crippen LogP contribution in [-0.2, 0) is 0 Å². The topological polar surface area (TPSA) is 73.7 Å². The van der Waals surface area contributed by atoms with Gasteiger partial charge in [-0.15, -0.1) is 0 Å². The van der Waals surface area contributed by atoms with E-state index < -0.39 is 28.4 Å². The second kappa shape index (κ2) is 4.19. The summed E-state index contributed by atoms with van der Waals surface area (Å²) >= 11 is 5.02. The maximum absolute atomic E-state index is 12.4. The van der Waals surface area contributed by atoms with Crippen molar-refractivity contribution >= 4 is 16.8 Å². The molecule has 15 heavy (non-hydrogen) atoms. The van der Waals surface area contributed by atoms with Crippen LogP contribution in [0.1, 0.15) is 28.0 Å². The fraction of sp³-hybridized carbons (Fsp3) is 0.125. The second-order valence-corrected chi connectivity index (χ2v) is 2.87. The summed E-state index contributed by atoms with van der Waals surface area (Å²) in [5.74, 6) is 0. The fourth-order valence-electron chi connectivity index (χ4n) is 1.01. The molecule has 0 saturated carbocycles. The van der Waals surface area contributed by atoms with Crippen molar-refractivity contribution in [1.29, 1.82) is 5.26 Å². The van der Waals surface area contributed by atoms with Crippen molar-refractivity contribution in [2.24, 2.45) is 0 Å². The number of H-pyrrole nitrogens is 1. The quantitative estimate of drug-likeness (QED) is 0.787. The molecule has 1 rings (SSSR count). The van der Waals surface area contributed by atoms with Crippen LogP contribution in [0.4, 0.5) is 8.78 Å². The zero-order valence-electron chi connectivity index (χ0n) is 7.05. The number of nitrogens with one attached hydrogen (secondary N) is 1. The maximum Gasteiger partial charge on any atom is 0.269 e. The van der Waals surface area contributed by atoms with E-state index in [0.717, 1.165) is 6.07 Å². The SMILES string of the molecule is N#Cc1cc(C(=O)Cl)c(C(F)F)c(=O)[nH]1. The van der Waals surface area contributed by atoms with Crippen LogP contribution in [0.3, 0.4) is 0 Å². The Bertz CT molecular complexity index is 504. The molecule has 7 heteroatoms. The van der Waals surface area contributed by atoms with Gasteiger partial charge in [0, 0.05) is 0 Å². The van der Waals surface area contributed by atoms with E-state index in [4.69, 9.17) is 16.9 Å². The number of rotatable bonds is 2. The lowest BCUT2D eigenvalue weighted by atomic mass is 10.1. The monoisotopic (exact) mass is 232 g/mol. The van der Waals surface area contributed by atoms with E-state index in [1.54, 1.807) is 0 Å². The third-order valence-electron chi connectivity index (χ3n) is 1.62. The van der Waals surface area contributed by atoms with Crippen LogP contribution in [0.2, 0.25) is 0 Å². The zero-order chi connectivity index (χ0) is 11.6. The Morgan fingerprint density at radius 3 is 2.60 bits per heavy atom. The number of aromatic amines is 1.